The summed E-state index contributed by atoms with van der Waals surface area (Å²) in [7, 11) is 2.13. The lowest BCUT2D eigenvalue weighted by Gasteiger charge is -2.46. The van der Waals surface area contributed by atoms with Gasteiger partial charge in [-0.25, -0.2) is 4.57 Å². The van der Waals surface area contributed by atoms with E-state index in [-0.39, 0.29) is 10.8 Å². The molecule has 0 aliphatic rings. The fraction of sp³-hybridized carbons (Fsp3) is 0.278. The van der Waals surface area contributed by atoms with Crippen LogP contribution in [0.15, 0.2) is 109 Å². The first-order chi connectivity index (χ1) is 18.3. The molecule has 0 N–H and O–H groups in total. The highest BCUT2D eigenvalue weighted by molar-refractivity contribution is 5.95. The average Bonchev–Trinajstić information content (AvgIpc) is 2.93. The Hall–Kier alpha value is -3.78. The van der Waals surface area contributed by atoms with Crippen LogP contribution in [0.3, 0.4) is 0 Å². The third-order valence-corrected chi connectivity index (χ3v) is 8.65. The number of pyridine rings is 2. The van der Waals surface area contributed by atoms with Crippen molar-refractivity contribution in [1.29, 1.82) is 0 Å². The van der Waals surface area contributed by atoms with Crippen molar-refractivity contribution in [3.8, 4) is 22.5 Å². The maximum atomic E-state index is 4.92. The molecule has 38 heavy (non-hydrogen) atoms. The molecule has 2 heteroatoms. The maximum Gasteiger partial charge on any atom is 0.212 e. The molecule has 0 amide bonds. The van der Waals surface area contributed by atoms with Gasteiger partial charge in [-0.2, -0.15) is 0 Å². The molecule has 5 rings (SSSR count). The van der Waals surface area contributed by atoms with Gasteiger partial charge >= 0.3 is 0 Å². The quantitative estimate of drug-likeness (QED) is 0.205. The van der Waals surface area contributed by atoms with Gasteiger partial charge in [-0.15, -0.1) is 0 Å². The Morgan fingerprint density at radius 1 is 0.684 bits per heavy atom. The monoisotopic (exact) mass is 499 g/mol. The van der Waals surface area contributed by atoms with Gasteiger partial charge in [-0.05, 0) is 51.5 Å². The molecule has 1 unspecified atom stereocenters. The molecule has 0 aliphatic heterocycles. The average molecular weight is 500 g/mol. The lowest BCUT2D eigenvalue weighted by molar-refractivity contribution is -0.660. The van der Waals surface area contributed by atoms with E-state index >= 15 is 0 Å². The second kappa shape index (κ2) is 10.2. The highest BCUT2D eigenvalue weighted by atomic mass is 14.9. The van der Waals surface area contributed by atoms with Gasteiger partial charge in [0.25, 0.3) is 0 Å². The maximum absolute atomic E-state index is 4.92. The summed E-state index contributed by atoms with van der Waals surface area (Å²) in [5.41, 5.74) is 7.38. The summed E-state index contributed by atoms with van der Waals surface area (Å²) in [5.74, 6) is 0.376. The van der Waals surface area contributed by atoms with Crippen molar-refractivity contribution >= 4 is 10.8 Å². The van der Waals surface area contributed by atoms with E-state index in [1.807, 2.05) is 6.20 Å². The minimum atomic E-state index is -0.112. The van der Waals surface area contributed by atoms with E-state index < -0.39 is 0 Å². The van der Waals surface area contributed by atoms with Gasteiger partial charge in [0.05, 0.1) is 5.69 Å². The third-order valence-electron chi connectivity index (χ3n) is 8.65. The van der Waals surface area contributed by atoms with E-state index in [4.69, 9.17) is 4.98 Å². The Morgan fingerprint density at radius 3 is 1.95 bits per heavy atom. The van der Waals surface area contributed by atoms with Crippen molar-refractivity contribution in [2.24, 2.45) is 13.0 Å². The molecule has 5 aromatic rings. The fourth-order valence-electron chi connectivity index (χ4n) is 6.96. The summed E-state index contributed by atoms with van der Waals surface area (Å²) in [4.78, 5) is 4.92. The predicted octanol–water partition coefficient (Wildman–Crippen LogP) is 8.67. The van der Waals surface area contributed by atoms with Crippen LogP contribution in [0.1, 0.15) is 52.2 Å². The number of aryl methyl sites for hydroxylation is 1. The molecule has 2 nitrogen and oxygen atoms in total. The van der Waals surface area contributed by atoms with Crippen molar-refractivity contribution < 1.29 is 4.57 Å². The fourth-order valence-corrected chi connectivity index (χ4v) is 6.96. The Balaban J connectivity index is 1.66. The standard InChI is InChI=1S/C36H39N2/c1-7-33(35(2,3)30-20-12-10-18-28(30)32-22-14-15-25-38(32)6)36(4,5)31-21-13-11-19-29(31)34-27-17-9-8-16-26(27)23-24-37-34/h8-25,33H,7H2,1-6H3/q+1. The van der Waals surface area contributed by atoms with Crippen molar-refractivity contribution in [3.05, 3.63) is 121 Å². The van der Waals surface area contributed by atoms with Gasteiger partial charge in [0.2, 0.25) is 5.69 Å². The second-order valence-electron chi connectivity index (χ2n) is 11.6. The SMILES string of the molecule is CCC(C(C)(C)c1ccccc1-c1nccc2ccccc12)C(C)(C)c1ccccc1-c1cccc[n+]1C. The van der Waals surface area contributed by atoms with Gasteiger partial charge in [0, 0.05) is 34.8 Å². The Bertz CT molecular complexity index is 1570. The van der Waals surface area contributed by atoms with Crippen LogP contribution in [0.4, 0.5) is 0 Å². The van der Waals surface area contributed by atoms with Crippen molar-refractivity contribution in [2.45, 2.75) is 51.9 Å². The molecule has 0 aliphatic carbocycles. The highest BCUT2D eigenvalue weighted by Gasteiger charge is 2.43. The summed E-state index contributed by atoms with van der Waals surface area (Å²) >= 11 is 0. The summed E-state index contributed by atoms with van der Waals surface area (Å²) in [6.45, 7) is 12.1. The molecule has 2 heterocycles. The number of fused-ring (bicyclic) bond motifs is 1. The molecule has 0 saturated carbocycles. The molecule has 3 aromatic carbocycles. The number of nitrogens with zero attached hydrogens (tertiary/aromatic N) is 2. The minimum Gasteiger partial charge on any atom is -0.256 e. The van der Waals surface area contributed by atoms with Crippen LogP contribution in [-0.2, 0) is 17.9 Å². The first kappa shape index (κ1) is 25.9. The molecule has 0 radical (unpaired) electrons. The van der Waals surface area contributed by atoms with Crippen molar-refractivity contribution in [3.63, 3.8) is 0 Å². The molecule has 1 atom stereocenters. The van der Waals surface area contributed by atoms with Gasteiger partial charge in [0.15, 0.2) is 6.20 Å². The number of hydrogen-bond donors (Lipinski definition) is 0. The molecular formula is C36H39N2+. The van der Waals surface area contributed by atoms with Gasteiger partial charge in [0.1, 0.15) is 7.05 Å². The Morgan fingerprint density at radius 2 is 1.26 bits per heavy atom. The molecule has 192 valence electrons. The summed E-state index contributed by atoms with van der Waals surface area (Å²) in [5, 5.41) is 2.43. The van der Waals surface area contributed by atoms with E-state index in [1.165, 1.54) is 38.7 Å². The largest absolute Gasteiger partial charge is 0.256 e. The number of aromatic nitrogens is 2. The first-order valence-corrected chi connectivity index (χ1v) is 13.7. The van der Waals surface area contributed by atoms with E-state index in [2.05, 4.69) is 149 Å². The Kier molecular flexibility index (Phi) is 6.92. The van der Waals surface area contributed by atoms with E-state index in [0.717, 1.165) is 12.1 Å². The normalized spacial score (nSPS) is 13.0. The summed E-state index contributed by atoms with van der Waals surface area (Å²) in [6.07, 6.45) is 5.14. The van der Waals surface area contributed by atoms with Gasteiger partial charge in [-0.1, -0.05) is 108 Å². The zero-order valence-corrected chi connectivity index (χ0v) is 23.6. The number of rotatable bonds is 7. The van der Waals surface area contributed by atoms with E-state index in [0.29, 0.717) is 5.92 Å². The zero-order chi connectivity index (χ0) is 26.9. The highest BCUT2D eigenvalue weighted by Crippen LogP contribution is 2.50. The van der Waals surface area contributed by atoms with Crippen LogP contribution >= 0.6 is 0 Å². The molecule has 2 aromatic heterocycles. The van der Waals surface area contributed by atoms with Crippen LogP contribution in [-0.4, -0.2) is 4.98 Å². The van der Waals surface area contributed by atoms with Crippen LogP contribution in [0.25, 0.3) is 33.3 Å². The van der Waals surface area contributed by atoms with Crippen molar-refractivity contribution in [1.82, 2.24) is 4.98 Å². The lowest BCUT2D eigenvalue weighted by atomic mass is 9.57. The third kappa shape index (κ3) is 4.43. The van der Waals surface area contributed by atoms with Crippen molar-refractivity contribution in [2.75, 3.05) is 0 Å². The van der Waals surface area contributed by atoms with Crippen LogP contribution < -0.4 is 4.57 Å². The molecule has 0 fully saturated rings. The summed E-state index contributed by atoms with van der Waals surface area (Å²) < 4.78 is 2.22. The predicted molar refractivity (Wildman–Crippen MR) is 160 cm³/mol. The van der Waals surface area contributed by atoms with Gasteiger partial charge in [-0.3, -0.25) is 4.98 Å². The van der Waals surface area contributed by atoms with Crippen LogP contribution in [0, 0.1) is 5.92 Å². The second-order valence-corrected chi connectivity index (χ2v) is 11.6. The van der Waals surface area contributed by atoms with E-state index in [9.17, 15) is 0 Å². The topological polar surface area (TPSA) is 16.8 Å². The zero-order valence-electron chi connectivity index (χ0n) is 23.6. The van der Waals surface area contributed by atoms with E-state index in [1.54, 1.807) is 0 Å². The smallest absolute Gasteiger partial charge is 0.212 e. The minimum absolute atomic E-state index is 0.0863. The molecule has 0 bridgehead atoms. The molecule has 0 saturated heterocycles. The number of benzene rings is 3. The number of hydrogen-bond acceptors (Lipinski definition) is 1. The molecular weight excluding hydrogens is 460 g/mol. The lowest BCUT2D eigenvalue weighted by Crippen LogP contribution is -2.42. The molecule has 0 spiro atoms. The van der Waals surface area contributed by atoms with Crippen LogP contribution in [0.5, 0.6) is 0 Å². The Labute approximate surface area is 228 Å². The van der Waals surface area contributed by atoms with Gasteiger partial charge < -0.3 is 0 Å². The summed E-state index contributed by atoms with van der Waals surface area (Å²) in [6, 6.07) is 35.0. The van der Waals surface area contributed by atoms with Crippen LogP contribution in [0.2, 0.25) is 0 Å². The first-order valence-electron chi connectivity index (χ1n) is 13.7.